The Morgan fingerprint density at radius 1 is 0.839 bits per heavy atom. The van der Waals surface area contributed by atoms with Gasteiger partial charge in [-0.1, -0.05) is 18.2 Å². The van der Waals surface area contributed by atoms with E-state index in [-0.39, 0.29) is 29.8 Å². The maximum absolute atomic E-state index is 13.8. The quantitative estimate of drug-likeness (QED) is 0.112. The molecule has 56 heavy (non-hydrogen) atoms. The van der Waals surface area contributed by atoms with Crippen molar-refractivity contribution in [2.45, 2.75) is 109 Å². The van der Waals surface area contributed by atoms with Gasteiger partial charge in [-0.15, -0.1) is 0 Å². The number of rotatable bonds is 22. The van der Waals surface area contributed by atoms with Gasteiger partial charge in [-0.05, 0) is 98.5 Å². The number of hydrogen-bond donors (Lipinski definition) is 4. The minimum atomic E-state index is 0.0621. The number of hydrogen-bond acceptors (Lipinski definition) is 9. The number of amides is 2. The lowest BCUT2D eigenvalue weighted by molar-refractivity contribution is -0.136. The molecule has 0 radical (unpaired) electrons. The summed E-state index contributed by atoms with van der Waals surface area (Å²) in [5, 5.41) is 22.3. The molecular formula is C43H70N10O3. The molecule has 2 saturated carbocycles. The second-order valence-electron chi connectivity index (χ2n) is 16.2. The summed E-state index contributed by atoms with van der Waals surface area (Å²) in [6.45, 7) is 11.4. The molecule has 2 amide bonds. The molecule has 0 saturated heterocycles. The summed E-state index contributed by atoms with van der Waals surface area (Å²) in [4.78, 5) is 35.9. The lowest BCUT2D eigenvalue weighted by atomic mass is 9.79. The van der Waals surface area contributed by atoms with Gasteiger partial charge in [0.15, 0.2) is 0 Å². The van der Waals surface area contributed by atoms with Crippen molar-refractivity contribution in [3.05, 3.63) is 65.2 Å². The minimum Gasteiger partial charge on any atom is -0.493 e. The molecule has 1 aromatic carbocycles. The molecule has 310 valence electrons. The molecule has 3 aromatic rings. The van der Waals surface area contributed by atoms with Crippen LogP contribution in [0.25, 0.3) is 0 Å². The number of carbonyl (C=O) groups excluding carboxylic acids is 2. The first-order valence-corrected chi connectivity index (χ1v) is 21.2. The van der Waals surface area contributed by atoms with E-state index < -0.39 is 0 Å². The molecule has 1 atom stereocenters. The summed E-state index contributed by atoms with van der Waals surface area (Å²) in [6, 6.07) is 10.1. The summed E-state index contributed by atoms with van der Waals surface area (Å²) < 4.78 is 5.81. The van der Waals surface area contributed by atoms with Gasteiger partial charge in [0.05, 0.1) is 24.4 Å². The second-order valence-corrected chi connectivity index (χ2v) is 16.2. The smallest absolute Gasteiger partial charge is 0.226 e. The number of H-pyrrole nitrogens is 2. The predicted molar refractivity (Wildman–Crippen MR) is 223 cm³/mol. The number of aromatic amines is 2. The van der Waals surface area contributed by atoms with Gasteiger partial charge in [-0.2, -0.15) is 10.2 Å². The highest BCUT2D eigenvalue weighted by atomic mass is 16.5. The number of para-hydroxylation sites is 1. The number of likely N-dealkylation sites (N-methyl/N-ethyl adjacent to an activating group) is 4. The van der Waals surface area contributed by atoms with Gasteiger partial charge in [0.1, 0.15) is 5.75 Å². The van der Waals surface area contributed by atoms with Crippen LogP contribution in [0.3, 0.4) is 0 Å². The lowest BCUT2D eigenvalue weighted by Crippen LogP contribution is -2.46. The number of nitrogens with one attached hydrogen (secondary N) is 4. The fraction of sp³-hybridized carbons (Fsp3) is 0.674. The zero-order valence-electron chi connectivity index (χ0n) is 35.1. The molecule has 2 fully saturated rings. The summed E-state index contributed by atoms with van der Waals surface area (Å²) in [5.41, 5.74) is 4.84. The van der Waals surface area contributed by atoms with E-state index >= 15 is 0 Å². The third kappa shape index (κ3) is 12.1. The van der Waals surface area contributed by atoms with Gasteiger partial charge in [-0.25, -0.2) is 0 Å². The van der Waals surface area contributed by atoms with Crippen molar-refractivity contribution in [2.24, 2.45) is 5.92 Å². The van der Waals surface area contributed by atoms with Crippen LogP contribution in [0.15, 0.2) is 42.7 Å². The number of aromatic nitrogens is 4. The van der Waals surface area contributed by atoms with Crippen molar-refractivity contribution in [3.63, 3.8) is 0 Å². The number of carbonyl (C=O) groups is 2. The predicted octanol–water partition coefficient (Wildman–Crippen LogP) is 4.97. The van der Waals surface area contributed by atoms with E-state index in [0.29, 0.717) is 38.0 Å². The first-order chi connectivity index (χ1) is 27.2. The molecule has 4 N–H and O–H groups in total. The van der Waals surface area contributed by atoms with E-state index in [1.54, 1.807) is 0 Å². The molecule has 2 heterocycles. The fourth-order valence-corrected chi connectivity index (χ4v) is 8.96. The van der Waals surface area contributed by atoms with Gasteiger partial charge in [0.2, 0.25) is 11.8 Å². The first kappa shape index (κ1) is 43.3. The van der Waals surface area contributed by atoms with E-state index in [4.69, 9.17) is 9.84 Å². The molecule has 2 aliphatic rings. The summed E-state index contributed by atoms with van der Waals surface area (Å²) in [6.07, 6.45) is 12.3. The van der Waals surface area contributed by atoms with Crippen LogP contribution in [-0.4, -0.2) is 138 Å². The third-order valence-electron chi connectivity index (χ3n) is 12.2. The average Bonchev–Trinajstić information content (AvgIpc) is 3.89. The second kappa shape index (κ2) is 22.2. The van der Waals surface area contributed by atoms with Gasteiger partial charge in [0.25, 0.3) is 0 Å². The van der Waals surface area contributed by atoms with E-state index in [1.165, 1.54) is 16.8 Å². The highest BCUT2D eigenvalue weighted by molar-refractivity contribution is 5.78. The Balaban J connectivity index is 1.10. The lowest BCUT2D eigenvalue weighted by Gasteiger charge is -2.37. The molecule has 5 rings (SSSR count). The monoisotopic (exact) mass is 775 g/mol. The van der Waals surface area contributed by atoms with Gasteiger partial charge in [-0.3, -0.25) is 24.7 Å². The van der Waals surface area contributed by atoms with E-state index in [0.717, 1.165) is 102 Å². The fourth-order valence-electron chi connectivity index (χ4n) is 8.96. The Kier molecular flexibility index (Phi) is 17.2. The van der Waals surface area contributed by atoms with Crippen LogP contribution in [0.1, 0.15) is 106 Å². The maximum atomic E-state index is 13.8. The Labute approximate surface area is 335 Å². The molecule has 1 unspecified atom stereocenters. The average molecular weight is 775 g/mol. The van der Waals surface area contributed by atoms with E-state index in [9.17, 15) is 9.59 Å². The van der Waals surface area contributed by atoms with Gasteiger partial charge >= 0.3 is 0 Å². The van der Waals surface area contributed by atoms with Crippen LogP contribution in [0, 0.1) is 5.92 Å². The van der Waals surface area contributed by atoms with Crippen LogP contribution in [-0.2, 0) is 22.7 Å². The van der Waals surface area contributed by atoms with Crippen LogP contribution in [0.2, 0.25) is 0 Å². The van der Waals surface area contributed by atoms with Crippen LogP contribution in [0.4, 0.5) is 0 Å². The van der Waals surface area contributed by atoms with Crippen LogP contribution in [0.5, 0.6) is 5.75 Å². The molecule has 13 nitrogen and oxygen atoms in total. The van der Waals surface area contributed by atoms with Crippen molar-refractivity contribution in [1.29, 1.82) is 0 Å². The SMILES string of the molecule is CCN(C(=O)CCOc1ccccc1)[C@H]1CC[C@H](c2n[nH]cc2CN(CCNC)C(C)CN(C)C(=O)[C@H]2CC[C@H](c3n[nH]cc3CN(C)CCNC)CC2)CC1. The zero-order valence-corrected chi connectivity index (χ0v) is 35.1. The Bertz CT molecular complexity index is 1580. The van der Waals surface area contributed by atoms with Crippen molar-refractivity contribution in [3.8, 4) is 5.75 Å². The highest BCUT2D eigenvalue weighted by Gasteiger charge is 2.33. The Morgan fingerprint density at radius 3 is 2.04 bits per heavy atom. The van der Waals surface area contributed by atoms with Gasteiger partial charge in [0, 0.05) is 113 Å². The van der Waals surface area contributed by atoms with Crippen molar-refractivity contribution >= 4 is 11.8 Å². The number of benzene rings is 1. The topological polar surface area (TPSA) is 138 Å². The summed E-state index contributed by atoms with van der Waals surface area (Å²) >= 11 is 0. The maximum Gasteiger partial charge on any atom is 0.226 e. The molecule has 2 aromatic heterocycles. The van der Waals surface area contributed by atoms with E-state index in [1.807, 2.05) is 62.6 Å². The largest absolute Gasteiger partial charge is 0.493 e. The Morgan fingerprint density at radius 2 is 1.43 bits per heavy atom. The summed E-state index contributed by atoms with van der Waals surface area (Å²) in [5.74, 6) is 2.05. The van der Waals surface area contributed by atoms with Crippen LogP contribution < -0.4 is 15.4 Å². The molecule has 2 aliphatic carbocycles. The molecule has 13 heteroatoms. The van der Waals surface area contributed by atoms with Crippen molar-refractivity contribution in [2.75, 3.05) is 74.1 Å². The molecule has 0 spiro atoms. The minimum absolute atomic E-state index is 0.0621. The molecule has 0 bridgehead atoms. The normalized spacial score (nSPS) is 20.6. The highest BCUT2D eigenvalue weighted by Crippen LogP contribution is 2.38. The van der Waals surface area contributed by atoms with Crippen molar-refractivity contribution in [1.82, 2.24) is 50.6 Å². The number of ether oxygens (including phenoxy) is 1. The van der Waals surface area contributed by atoms with Crippen LogP contribution >= 0.6 is 0 Å². The van der Waals surface area contributed by atoms with Gasteiger partial charge < -0.3 is 30.1 Å². The summed E-state index contributed by atoms with van der Waals surface area (Å²) in [7, 11) is 8.11. The van der Waals surface area contributed by atoms with E-state index in [2.05, 4.69) is 67.7 Å². The number of nitrogens with zero attached hydrogens (tertiary/aromatic N) is 6. The third-order valence-corrected chi connectivity index (χ3v) is 12.2. The Hall–Kier alpha value is -3.78. The standard InChI is InChI=1S/C43H70N10O3/c1-7-53(40(54)21-26-56-39-11-9-8-10-12-39)38-19-17-34(18-20-38)42-37(28-47-49-42)31-52(25-23-45-4)32(2)29-51(6)43(55)35-15-13-33(14-16-35)41-36(27-46-48-41)30-50(5)24-22-44-3/h8-12,27-28,32-35,38,44-45H,7,13-26,29-31H2,1-6H3,(H,46,48)(H,47,49)/t32?,33-,34-,35-,38-. The van der Waals surface area contributed by atoms with Crippen molar-refractivity contribution < 1.29 is 14.3 Å². The molecular weight excluding hydrogens is 705 g/mol. The zero-order chi connectivity index (χ0) is 39.9. The molecule has 0 aliphatic heterocycles. The first-order valence-electron chi connectivity index (χ1n) is 21.2.